The van der Waals surface area contributed by atoms with Gasteiger partial charge < -0.3 is 5.32 Å². The second-order valence-corrected chi connectivity index (χ2v) is 7.88. The van der Waals surface area contributed by atoms with Crippen LogP contribution in [-0.2, 0) is 23.6 Å². The second kappa shape index (κ2) is 7.32. The lowest BCUT2D eigenvalue weighted by atomic mass is 10.2. The molecule has 1 aliphatic heterocycles. The monoisotopic (exact) mass is 363 g/mol. The molecule has 0 radical (unpaired) electrons. The lowest BCUT2D eigenvalue weighted by molar-refractivity contribution is 0.0947. The molecule has 0 aliphatic carbocycles. The number of carbonyl (C=O) groups is 1. The Morgan fingerprint density at radius 2 is 1.88 bits per heavy atom. The van der Waals surface area contributed by atoms with E-state index in [0.29, 0.717) is 19.6 Å². The molecule has 1 fully saturated rings. The quantitative estimate of drug-likeness (QED) is 0.852. The van der Waals surface area contributed by atoms with Crippen molar-refractivity contribution in [3.05, 3.63) is 41.9 Å². The van der Waals surface area contributed by atoms with Crippen LogP contribution in [0.1, 0.15) is 35.2 Å². The fourth-order valence-electron chi connectivity index (χ4n) is 2.82. The minimum atomic E-state index is -3.77. The third kappa shape index (κ3) is 3.88. The van der Waals surface area contributed by atoms with Gasteiger partial charge in [-0.25, -0.2) is 8.42 Å². The lowest BCUT2D eigenvalue weighted by Crippen LogP contribution is -2.37. The molecule has 0 bridgehead atoms. The van der Waals surface area contributed by atoms with Gasteiger partial charge in [-0.05, 0) is 30.5 Å². The summed E-state index contributed by atoms with van der Waals surface area (Å²) in [5.74, 6) is -0.458. The minimum Gasteiger partial charge on any atom is -0.348 e. The number of aryl methyl sites for hydroxylation is 1. The molecule has 25 heavy (non-hydrogen) atoms. The Balaban J connectivity index is 1.81. The van der Waals surface area contributed by atoms with E-state index in [1.807, 2.05) is 0 Å². The van der Waals surface area contributed by atoms with E-state index < -0.39 is 15.9 Å². The molecule has 9 heteroatoms. The molecular formula is C16H21N5O3S. The van der Waals surface area contributed by atoms with Gasteiger partial charge in [-0.15, -0.1) is 0 Å². The molecule has 1 amide bonds. The molecule has 3 rings (SSSR count). The number of sulfonamides is 1. The average Bonchev–Trinajstić information content (AvgIpc) is 3.04. The number of nitrogens with one attached hydrogen (secondary N) is 1. The Hall–Kier alpha value is -2.26. The molecule has 0 unspecified atom stereocenters. The number of hydrogen-bond acceptors (Lipinski definition) is 5. The summed E-state index contributed by atoms with van der Waals surface area (Å²) in [6, 6.07) is 3.57. The topological polar surface area (TPSA) is 97.2 Å². The van der Waals surface area contributed by atoms with Crippen LogP contribution in [0.15, 0.2) is 35.7 Å². The number of hydrogen-bond donors (Lipinski definition) is 1. The van der Waals surface area contributed by atoms with E-state index in [0.717, 1.165) is 24.8 Å². The molecule has 2 aromatic heterocycles. The number of piperidine rings is 1. The summed E-state index contributed by atoms with van der Waals surface area (Å²) in [5.41, 5.74) is 0.954. The zero-order valence-electron chi connectivity index (χ0n) is 14.1. The van der Waals surface area contributed by atoms with Gasteiger partial charge in [0, 0.05) is 45.3 Å². The molecule has 0 aromatic carbocycles. The van der Waals surface area contributed by atoms with Gasteiger partial charge in [0.1, 0.15) is 0 Å². The van der Waals surface area contributed by atoms with E-state index in [1.54, 1.807) is 31.6 Å². The van der Waals surface area contributed by atoms with Crippen LogP contribution in [0.5, 0.6) is 0 Å². The first-order valence-electron chi connectivity index (χ1n) is 8.19. The zero-order valence-corrected chi connectivity index (χ0v) is 14.9. The van der Waals surface area contributed by atoms with Gasteiger partial charge in [0.2, 0.25) is 5.03 Å². The Morgan fingerprint density at radius 3 is 2.56 bits per heavy atom. The van der Waals surface area contributed by atoms with Crippen LogP contribution in [0.2, 0.25) is 0 Å². The van der Waals surface area contributed by atoms with E-state index >= 15 is 0 Å². The van der Waals surface area contributed by atoms with Crippen molar-refractivity contribution >= 4 is 15.9 Å². The van der Waals surface area contributed by atoms with Gasteiger partial charge in [0.05, 0.1) is 5.56 Å². The summed E-state index contributed by atoms with van der Waals surface area (Å²) < 4.78 is 28.5. The van der Waals surface area contributed by atoms with E-state index in [2.05, 4.69) is 15.4 Å². The summed E-state index contributed by atoms with van der Waals surface area (Å²) >= 11 is 0. The van der Waals surface area contributed by atoms with Crippen molar-refractivity contribution in [1.82, 2.24) is 24.4 Å². The summed E-state index contributed by atoms with van der Waals surface area (Å²) in [7, 11) is -2.16. The van der Waals surface area contributed by atoms with E-state index in [1.165, 1.54) is 15.2 Å². The summed E-state index contributed by atoms with van der Waals surface area (Å²) in [6.07, 6.45) is 7.40. The predicted molar refractivity (Wildman–Crippen MR) is 91.2 cm³/mol. The first-order chi connectivity index (χ1) is 12.0. The van der Waals surface area contributed by atoms with E-state index in [-0.39, 0.29) is 10.6 Å². The molecule has 0 spiro atoms. The highest BCUT2D eigenvalue weighted by molar-refractivity contribution is 7.89. The Kier molecular flexibility index (Phi) is 5.14. The second-order valence-electron chi connectivity index (χ2n) is 6.02. The highest BCUT2D eigenvalue weighted by Crippen LogP contribution is 2.22. The van der Waals surface area contributed by atoms with Gasteiger partial charge in [0.25, 0.3) is 15.9 Å². The lowest BCUT2D eigenvalue weighted by Gasteiger charge is -2.25. The molecular weight excluding hydrogens is 342 g/mol. The number of amides is 1. The van der Waals surface area contributed by atoms with Crippen LogP contribution in [0.25, 0.3) is 0 Å². The van der Waals surface area contributed by atoms with Crippen LogP contribution in [0.4, 0.5) is 0 Å². The van der Waals surface area contributed by atoms with Gasteiger partial charge in [0.15, 0.2) is 0 Å². The average molecular weight is 363 g/mol. The molecule has 8 nitrogen and oxygen atoms in total. The van der Waals surface area contributed by atoms with Crippen LogP contribution >= 0.6 is 0 Å². The number of rotatable bonds is 5. The molecule has 1 saturated heterocycles. The standard InChI is InChI=1S/C16H21N5O3S/c1-20-12-14(15(22)18-11-13-5-7-17-8-6-13)16(19-20)25(23,24)21-9-3-2-4-10-21/h5-8,12H,2-4,9-11H2,1H3,(H,18,22). The Bertz CT molecular complexity index is 842. The molecule has 1 N–H and O–H groups in total. The van der Waals surface area contributed by atoms with Gasteiger partial charge in [-0.3, -0.25) is 14.5 Å². The van der Waals surface area contributed by atoms with Crippen molar-refractivity contribution in [2.24, 2.45) is 7.05 Å². The predicted octanol–water partition coefficient (Wildman–Crippen LogP) is 0.920. The maximum absolute atomic E-state index is 12.9. The summed E-state index contributed by atoms with van der Waals surface area (Å²) in [4.78, 5) is 16.4. The number of aromatic nitrogens is 3. The van der Waals surface area contributed by atoms with Crippen molar-refractivity contribution in [1.29, 1.82) is 0 Å². The van der Waals surface area contributed by atoms with Crippen molar-refractivity contribution in [2.45, 2.75) is 30.8 Å². The smallest absolute Gasteiger partial charge is 0.263 e. The Labute approximate surface area is 146 Å². The SMILES string of the molecule is Cn1cc(C(=O)NCc2ccncc2)c(S(=O)(=O)N2CCCCC2)n1. The number of pyridine rings is 1. The minimum absolute atomic E-state index is 0.0714. The van der Waals surface area contributed by atoms with E-state index in [9.17, 15) is 13.2 Å². The molecule has 134 valence electrons. The van der Waals surface area contributed by atoms with Gasteiger partial charge >= 0.3 is 0 Å². The van der Waals surface area contributed by atoms with Crippen molar-refractivity contribution in [3.63, 3.8) is 0 Å². The zero-order chi connectivity index (χ0) is 17.9. The molecule has 0 atom stereocenters. The third-order valence-corrected chi connectivity index (χ3v) is 5.98. The summed E-state index contributed by atoms with van der Waals surface area (Å²) in [5, 5.41) is 6.61. The van der Waals surface area contributed by atoms with Crippen molar-refractivity contribution in [3.8, 4) is 0 Å². The molecule has 3 heterocycles. The van der Waals surface area contributed by atoms with E-state index in [4.69, 9.17) is 0 Å². The Morgan fingerprint density at radius 1 is 1.20 bits per heavy atom. The van der Waals surface area contributed by atoms with Crippen molar-refractivity contribution < 1.29 is 13.2 Å². The maximum atomic E-state index is 12.9. The summed E-state index contributed by atoms with van der Waals surface area (Å²) in [6.45, 7) is 1.23. The van der Waals surface area contributed by atoms with Crippen LogP contribution in [-0.4, -0.2) is 46.5 Å². The molecule has 2 aromatic rings. The van der Waals surface area contributed by atoms with Crippen LogP contribution in [0.3, 0.4) is 0 Å². The normalized spacial score (nSPS) is 15.9. The highest BCUT2D eigenvalue weighted by Gasteiger charge is 2.33. The molecule has 1 aliphatic rings. The first kappa shape index (κ1) is 17.6. The van der Waals surface area contributed by atoms with Gasteiger partial charge in [-0.2, -0.15) is 9.40 Å². The maximum Gasteiger partial charge on any atom is 0.263 e. The van der Waals surface area contributed by atoms with Crippen LogP contribution < -0.4 is 5.32 Å². The van der Waals surface area contributed by atoms with Crippen LogP contribution in [0, 0.1) is 0 Å². The fraction of sp³-hybridized carbons (Fsp3) is 0.438. The fourth-order valence-corrected chi connectivity index (χ4v) is 4.46. The third-order valence-electron chi connectivity index (χ3n) is 4.14. The van der Waals surface area contributed by atoms with Crippen molar-refractivity contribution in [2.75, 3.05) is 13.1 Å². The largest absolute Gasteiger partial charge is 0.348 e. The number of carbonyl (C=O) groups excluding carboxylic acids is 1. The van der Waals surface area contributed by atoms with Gasteiger partial charge in [-0.1, -0.05) is 6.42 Å². The molecule has 0 saturated carbocycles. The first-order valence-corrected chi connectivity index (χ1v) is 9.63. The number of nitrogens with zero attached hydrogens (tertiary/aromatic N) is 4. The highest BCUT2D eigenvalue weighted by atomic mass is 32.2.